The molecule has 16 heteroatoms. The molecule has 1 aliphatic heterocycles. The largest absolute Gasteiger partial charge is 2.00 e. The maximum Gasteiger partial charge on any atom is 2.00 e. The summed E-state index contributed by atoms with van der Waals surface area (Å²) in [5.74, 6) is -0.0450. The SMILES string of the molecule is COC[C@H]1O[C@@H](n2cnc3c([NH-])ncnc32)[C@H](OCCCCc2ccnc(-c3cc(C)ccn3)c2)[C@@H]1OP(=O)([O-])OC.[Cu+2]. The number of fused-ring (bicyclic) bond motifs is 1. The molecule has 0 aromatic carbocycles. The van der Waals surface area contributed by atoms with Crippen molar-refractivity contribution in [3.63, 3.8) is 0 Å². The van der Waals surface area contributed by atoms with E-state index in [1.807, 2.05) is 31.2 Å². The first-order valence-corrected chi connectivity index (χ1v) is 14.8. The minimum atomic E-state index is -4.66. The number of phosphoric ester groups is 1. The Morgan fingerprint density at radius 1 is 1.05 bits per heavy atom. The topological polar surface area (TPSA) is 179 Å². The molecule has 0 bridgehead atoms. The van der Waals surface area contributed by atoms with Crippen molar-refractivity contribution < 1.29 is 49.8 Å². The Hall–Kier alpha value is -2.84. The Kier molecular flexibility index (Phi) is 11.3. The van der Waals surface area contributed by atoms with Crippen LogP contribution in [-0.4, -0.2) is 75.2 Å². The average Bonchev–Trinajstić information content (AvgIpc) is 3.55. The summed E-state index contributed by atoms with van der Waals surface area (Å²) in [6.07, 6.45) is 4.91. The van der Waals surface area contributed by atoms with Crippen LogP contribution in [0.2, 0.25) is 0 Å². The van der Waals surface area contributed by atoms with Crippen LogP contribution in [0.15, 0.2) is 49.3 Å². The van der Waals surface area contributed by atoms with Gasteiger partial charge in [-0.1, -0.05) is 0 Å². The van der Waals surface area contributed by atoms with E-state index in [-0.39, 0.29) is 35.0 Å². The number of imidazole rings is 1. The molecule has 5 atom stereocenters. The van der Waals surface area contributed by atoms with Gasteiger partial charge in [-0.15, -0.1) is 0 Å². The maximum atomic E-state index is 12.3. The molecule has 4 aromatic heterocycles. The van der Waals surface area contributed by atoms with Gasteiger partial charge in [-0.25, -0.2) is 9.97 Å². The molecule has 1 aliphatic rings. The summed E-state index contributed by atoms with van der Waals surface area (Å²) in [5, 5.41) is 0. The van der Waals surface area contributed by atoms with E-state index in [4.69, 9.17) is 24.5 Å². The summed E-state index contributed by atoms with van der Waals surface area (Å²) < 4.78 is 41.7. The number of pyridine rings is 2. The number of nitrogens with zero attached hydrogens (tertiary/aromatic N) is 6. The second-order valence-electron chi connectivity index (χ2n) is 9.83. The van der Waals surface area contributed by atoms with Gasteiger partial charge in [-0.2, -0.15) is 0 Å². The standard InChI is InChI=1S/C27H33N7O7P.Cu/c1-17-7-9-29-19(12-17)20-13-18(8-10-30-20)6-4-5-11-39-24-23(41-42(35,36)38-3)21(14-37-2)40-27(24)34-16-33-22-25(28)31-15-32-26(22)34;/h7-10,12-13,15-16,21,23-24,27H,4-6,11,14H2,1-3H3,(H2-,28,31,32,35,36);/q-1;+2/p-1/t21-,23-,24-,27-;/m1./s1. The van der Waals surface area contributed by atoms with E-state index < -0.39 is 32.4 Å². The summed E-state index contributed by atoms with van der Waals surface area (Å²) in [6.45, 7) is 2.35. The Morgan fingerprint density at radius 2 is 1.81 bits per heavy atom. The van der Waals surface area contributed by atoms with E-state index in [2.05, 4.69) is 29.4 Å². The first-order valence-electron chi connectivity index (χ1n) is 13.4. The molecule has 0 aliphatic carbocycles. The first-order chi connectivity index (χ1) is 20.3. The van der Waals surface area contributed by atoms with Gasteiger partial charge in [-0.05, 0) is 67.4 Å². The molecule has 14 nitrogen and oxygen atoms in total. The quantitative estimate of drug-likeness (QED) is 0.115. The van der Waals surface area contributed by atoms with Crippen LogP contribution in [0.4, 0.5) is 5.82 Å². The summed E-state index contributed by atoms with van der Waals surface area (Å²) in [6, 6.07) is 7.95. The smallest absolute Gasteiger partial charge is 0.756 e. The number of phosphoric acid groups is 1. The zero-order valence-electron chi connectivity index (χ0n) is 23.8. The van der Waals surface area contributed by atoms with Crippen LogP contribution >= 0.6 is 7.82 Å². The second kappa shape index (κ2) is 14.8. The van der Waals surface area contributed by atoms with Crippen LogP contribution in [0.1, 0.15) is 30.2 Å². The van der Waals surface area contributed by atoms with Crippen molar-refractivity contribution in [2.75, 3.05) is 27.4 Å². The maximum absolute atomic E-state index is 12.3. The van der Waals surface area contributed by atoms with Gasteiger partial charge in [0.15, 0.2) is 11.9 Å². The van der Waals surface area contributed by atoms with Crippen molar-refractivity contribution in [2.24, 2.45) is 0 Å². The Bertz CT molecular complexity index is 1560. The monoisotopic (exact) mass is 660 g/mol. The van der Waals surface area contributed by atoms with Gasteiger partial charge in [0.05, 0.1) is 24.3 Å². The van der Waals surface area contributed by atoms with E-state index in [0.29, 0.717) is 18.7 Å². The molecular weight excluding hydrogens is 629 g/mol. The third-order valence-electron chi connectivity index (χ3n) is 6.90. The van der Waals surface area contributed by atoms with Gasteiger partial charge in [-0.3, -0.25) is 19.1 Å². The Balaban J connectivity index is 0.00000423. The predicted molar refractivity (Wildman–Crippen MR) is 149 cm³/mol. The first kappa shape index (κ1) is 33.1. The number of nitrogens with one attached hydrogen (secondary N) is 1. The number of hydrogen-bond donors (Lipinski definition) is 0. The third kappa shape index (κ3) is 7.82. The van der Waals surface area contributed by atoms with Crippen LogP contribution in [0.25, 0.3) is 28.3 Å². The van der Waals surface area contributed by atoms with Gasteiger partial charge >= 0.3 is 17.1 Å². The van der Waals surface area contributed by atoms with Gasteiger partial charge in [0.1, 0.15) is 23.8 Å². The van der Waals surface area contributed by atoms with Crippen molar-refractivity contribution in [1.29, 1.82) is 0 Å². The summed E-state index contributed by atoms with van der Waals surface area (Å²) in [7, 11) is -2.16. The van der Waals surface area contributed by atoms with Crippen molar-refractivity contribution in [1.82, 2.24) is 29.5 Å². The summed E-state index contributed by atoms with van der Waals surface area (Å²) in [4.78, 5) is 33.6. The molecule has 233 valence electrons. The van der Waals surface area contributed by atoms with Crippen LogP contribution in [0, 0.1) is 6.92 Å². The molecule has 0 spiro atoms. The van der Waals surface area contributed by atoms with Crippen LogP contribution in [0.3, 0.4) is 0 Å². The molecule has 0 saturated carbocycles. The molecule has 1 N–H and O–H groups in total. The minimum absolute atomic E-state index is 0. The molecule has 43 heavy (non-hydrogen) atoms. The van der Waals surface area contributed by atoms with Crippen molar-refractivity contribution >= 4 is 24.8 Å². The number of unbranched alkanes of at least 4 members (excludes halogenated alkanes) is 1. The predicted octanol–water partition coefficient (Wildman–Crippen LogP) is 3.72. The fraction of sp³-hybridized carbons (Fsp3) is 0.444. The number of aryl methyl sites for hydroxylation is 2. The fourth-order valence-electron chi connectivity index (χ4n) is 4.86. The molecular formula is C27H32CuN7O7P. The minimum Gasteiger partial charge on any atom is -0.756 e. The third-order valence-corrected chi connectivity index (χ3v) is 7.84. The summed E-state index contributed by atoms with van der Waals surface area (Å²) >= 11 is 0. The zero-order chi connectivity index (χ0) is 29.7. The molecule has 4 aromatic rings. The molecule has 1 unspecified atom stereocenters. The van der Waals surface area contributed by atoms with Crippen LogP contribution in [-0.2, 0) is 51.3 Å². The van der Waals surface area contributed by atoms with E-state index in [9.17, 15) is 9.46 Å². The zero-order valence-corrected chi connectivity index (χ0v) is 25.6. The fourth-order valence-corrected chi connectivity index (χ4v) is 5.50. The van der Waals surface area contributed by atoms with E-state index in [1.165, 1.54) is 19.8 Å². The van der Waals surface area contributed by atoms with E-state index in [0.717, 1.165) is 42.5 Å². The van der Waals surface area contributed by atoms with Crippen molar-refractivity contribution in [2.45, 2.75) is 50.7 Å². The number of rotatable bonds is 13. The van der Waals surface area contributed by atoms with Crippen molar-refractivity contribution in [3.05, 3.63) is 66.2 Å². The van der Waals surface area contributed by atoms with E-state index in [1.54, 1.807) is 17.0 Å². The molecule has 5 heterocycles. The Morgan fingerprint density at radius 3 is 2.56 bits per heavy atom. The molecule has 1 saturated heterocycles. The van der Waals surface area contributed by atoms with Crippen LogP contribution < -0.4 is 4.89 Å². The Labute approximate surface area is 259 Å². The van der Waals surface area contributed by atoms with Gasteiger partial charge < -0.3 is 38.9 Å². The average molecular weight is 661 g/mol. The number of aromatic nitrogens is 6. The van der Waals surface area contributed by atoms with Gasteiger partial charge in [0.2, 0.25) is 0 Å². The van der Waals surface area contributed by atoms with E-state index >= 15 is 0 Å². The molecule has 0 amide bonds. The van der Waals surface area contributed by atoms with Crippen molar-refractivity contribution in [3.8, 4) is 11.4 Å². The van der Waals surface area contributed by atoms with Crippen LogP contribution in [0.5, 0.6) is 0 Å². The molecule has 1 radical (unpaired) electrons. The number of hydrogen-bond acceptors (Lipinski definition) is 12. The van der Waals surface area contributed by atoms with Gasteiger partial charge in [0, 0.05) is 39.5 Å². The number of methoxy groups -OCH3 is 1. The molecule has 1 fully saturated rings. The normalized spacial score (nSPS) is 21.5. The second-order valence-corrected chi connectivity index (χ2v) is 11.3. The summed E-state index contributed by atoms with van der Waals surface area (Å²) in [5.41, 5.74) is 12.5. The molecule has 5 rings (SSSR count). The van der Waals surface area contributed by atoms with Gasteiger partial charge in [0.25, 0.3) is 7.82 Å². The number of ether oxygens (including phenoxy) is 3.